The van der Waals surface area contributed by atoms with Gasteiger partial charge in [-0.2, -0.15) is 0 Å². The van der Waals surface area contributed by atoms with Gasteiger partial charge in [0.05, 0.1) is 55.5 Å². The lowest BCUT2D eigenvalue weighted by Crippen LogP contribution is -2.41. The van der Waals surface area contributed by atoms with E-state index in [1.165, 1.54) is 0 Å². The molecule has 3 rings (SSSR count). The predicted molar refractivity (Wildman–Crippen MR) is 163 cm³/mol. The molecule has 1 aliphatic heterocycles. The smallest absolute Gasteiger partial charge is 0.227 e. The Kier molecular flexibility index (Phi) is 18.3. The number of hydrogen-bond donors (Lipinski definition) is 1. The number of halogens is 4. The van der Waals surface area contributed by atoms with Gasteiger partial charge in [-0.1, -0.05) is 59.6 Å². The van der Waals surface area contributed by atoms with Crippen LogP contribution in [0.2, 0.25) is 10.0 Å². The monoisotopic (exact) mass is 623 g/mol. The van der Waals surface area contributed by atoms with Crippen molar-refractivity contribution in [1.29, 1.82) is 0 Å². The molecule has 220 valence electrons. The van der Waals surface area contributed by atoms with E-state index in [4.69, 9.17) is 37.4 Å². The molecule has 0 radical (unpaired) electrons. The van der Waals surface area contributed by atoms with Crippen LogP contribution in [0.1, 0.15) is 23.6 Å². The van der Waals surface area contributed by atoms with Crippen LogP contribution in [0, 0.1) is 0 Å². The van der Waals surface area contributed by atoms with Gasteiger partial charge in [0.2, 0.25) is 5.91 Å². The molecule has 1 saturated heterocycles. The highest BCUT2D eigenvalue weighted by Gasteiger charge is 2.28. The maximum Gasteiger partial charge on any atom is 0.227 e. The fraction of sp³-hybridized carbons (Fsp3) is 0.536. The van der Waals surface area contributed by atoms with Gasteiger partial charge in [0.25, 0.3) is 0 Å². The molecular weight excluding hydrogens is 584 g/mol. The summed E-state index contributed by atoms with van der Waals surface area (Å²) >= 11 is 12.2. The molecule has 7 nitrogen and oxygen atoms in total. The van der Waals surface area contributed by atoms with Crippen molar-refractivity contribution in [3.8, 4) is 0 Å². The van der Waals surface area contributed by atoms with Crippen LogP contribution in [0.4, 0.5) is 0 Å². The first-order valence-electron chi connectivity index (χ1n) is 12.8. The molecule has 1 amide bonds. The minimum atomic E-state index is -0.0448. The van der Waals surface area contributed by atoms with E-state index in [9.17, 15) is 4.79 Å². The second-order valence-electron chi connectivity index (χ2n) is 9.27. The molecule has 0 saturated carbocycles. The minimum absolute atomic E-state index is 0. The lowest BCUT2D eigenvalue weighted by Gasteiger charge is -2.32. The van der Waals surface area contributed by atoms with Crippen LogP contribution in [-0.2, 0) is 25.4 Å². The Bertz CT molecular complexity index is 958. The first-order chi connectivity index (χ1) is 18.0. The van der Waals surface area contributed by atoms with E-state index in [0.717, 1.165) is 43.7 Å². The second-order valence-corrected chi connectivity index (χ2v) is 10.1. The summed E-state index contributed by atoms with van der Waals surface area (Å²) in [4.78, 5) is 17.5. The normalized spacial score (nSPS) is 15.8. The van der Waals surface area contributed by atoms with Gasteiger partial charge in [-0.3, -0.25) is 9.69 Å². The van der Waals surface area contributed by atoms with E-state index in [1.54, 1.807) is 19.2 Å². The summed E-state index contributed by atoms with van der Waals surface area (Å²) in [6.07, 6.45) is 1.35. The summed E-state index contributed by atoms with van der Waals surface area (Å²) in [7, 11) is 3.55. The van der Waals surface area contributed by atoms with E-state index >= 15 is 0 Å². The van der Waals surface area contributed by atoms with Gasteiger partial charge in [-0.15, -0.1) is 24.8 Å². The number of carbonyl (C=O) groups excluding carboxylic acids is 1. The quantitative estimate of drug-likeness (QED) is 0.268. The SMILES string of the molecule is COCCOCCOCCN[C@H]1CCN(C[C@H](c2ccccc2)N(C)C(=O)Cc2ccc(Cl)c(Cl)c2)C1.Cl.Cl. The van der Waals surface area contributed by atoms with Crippen molar-refractivity contribution in [2.75, 3.05) is 73.4 Å². The summed E-state index contributed by atoms with van der Waals surface area (Å²) in [5, 5.41) is 4.55. The molecule has 0 bridgehead atoms. The molecule has 0 spiro atoms. The van der Waals surface area contributed by atoms with Crippen LogP contribution in [0.15, 0.2) is 48.5 Å². The van der Waals surface area contributed by atoms with E-state index in [1.807, 2.05) is 36.2 Å². The van der Waals surface area contributed by atoms with Crippen molar-refractivity contribution in [3.05, 3.63) is 69.7 Å². The summed E-state index contributed by atoms with van der Waals surface area (Å²) in [5.74, 6) is 0.0458. The third-order valence-corrected chi connectivity index (χ3v) is 7.31. The molecule has 1 N–H and O–H groups in total. The molecule has 0 aromatic heterocycles. The van der Waals surface area contributed by atoms with Crippen LogP contribution in [0.3, 0.4) is 0 Å². The number of nitrogens with one attached hydrogen (secondary N) is 1. The van der Waals surface area contributed by atoms with Crippen molar-refractivity contribution in [3.63, 3.8) is 0 Å². The van der Waals surface area contributed by atoms with Gasteiger partial charge in [-0.25, -0.2) is 0 Å². The lowest BCUT2D eigenvalue weighted by molar-refractivity contribution is -0.131. The number of methoxy groups -OCH3 is 1. The fourth-order valence-electron chi connectivity index (χ4n) is 4.46. The average molecular weight is 625 g/mol. The number of amides is 1. The summed E-state index contributed by atoms with van der Waals surface area (Å²) in [6.45, 7) is 6.54. The zero-order valence-corrected chi connectivity index (χ0v) is 25.8. The van der Waals surface area contributed by atoms with Gasteiger partial charge in [0.15, 0.2) is 0 Å². The van der Waals surface area contributed by atoms with Gasteiger partial charge in [0, 0.05) is 39.8 Å². The third-order valence-electron chi connectivity index (χ3n) is 6.57. The van der Waals surface area contributed by atoms with Gasteiger partial charge >= 0.3 is 0 Å². The van der Waals surface area contributed by atoms with E-state index in [-0.39, 0.29) is 43.2 Å². The second kappa shape index (κ2) is 19.9. The highest BCUT2D eigenvalue weighted by Crippen LogP contribution is 2.26. The molecule has 11 heteroatoms. The molecular formula is C28H41Cl4N3O4. The van der Waals surface area contributed by atoms with Gasteiger partial charge in [0.1, 0.15) is 0 Å². The van der Waals surface area contributed by atoms with Crippen LogP contribution in [-0.4, -0.2) is 95.1 Å². The van der Waals surface area contributed by atoms with Gasteiger partial charge < -0.3 is 24.4 Å². The van der Waals surface area contributed by atoms with Crippen LogP contribution < -0.4 is 5.32 Å². The largest absolute Gasteiger partial charge is 0.382 e. The maximum atomic E-state index is 13.3. The van der Waals surface area contributed by atoms with Crippen molar-refractivity contribution in [2.45, 2.75) is 24.9 Å². The molecule has 1 fully saturated rings. The molecule has 2 atom stereocenters. The third kappa shape index (κ3) is 12.5. The average Bonchev–Trinajstić information content (AvgIpc) is 3.36. The first-order valence-corrected chi connectivity index (χ1v) is 13.6. The number of likely N-dealkylation sites (N-methyl/N-ethyl adjacent to an activating group) is 1. The number of likely N-dealkylation sites (tertiary alicyclic amines) is 1. The molecule has 2 aromatic rings. The zero-order valence-electron chi connectivity index (χ0n) is 22.7. The molecule has 1 aliphatic rings. The summed E-state index contributed by atoms with van der Waals surface area (Å²) in [6, 6.07) is 16.0. The van der Waals surface area contributed by atoms with Crippen molar-refractivity contribution in [1.82, 2.24) is 15.1 Å². The topological polar surface area (TPSA) is 63.3 Å². The van der Waals surface area contributed by atoms with E-state index in [0.29, 0.717) is 49.1 Å². The zero-order chi connectivity index (χ0) is 26.5. The highest BCUT2D eigenvalue weighted by molar-refractivity contribution is 6.42. The Morgan fingerprint density at radius 2 is 1.72 bits per heavy atom. The minimum Gasteiger partial charge on any atom is -0.382 e. The molecule has 39 heavy (non-hydrogen) atoms. The van der Waals surface area contributed by atoms with Crippen molar-refractivity contribution in [2.24, 2.45) is 0 Å². The molecule has 2 aromatic carbocycles. The Morgan fingerprint density at radius 3 is 2.41 bits per heavy atom. The van der Waals surface area contributed by atoms with Crippen molar-refractivity contribution < 1.29 is 19.0 Å². The van der Waals surface area contributed by atoms with Gasteiger partial charge in [-0.05, 0) is 36.2 Å². The van der Waals surface area contributed by atoms with E-state index in [2.05, 4.69) is 22.3 Å². The Labute approximate surface area is 255 Å². The fourth-order valence-corrected chi connectivity index (χ4v) is 4.78. The molecule has 0 aliphatic carbocycles. The Hall–Kier alpha value is -1.13. The highest BCUT2D eigenvalue weighted by atomic mass is 35.5. The number of nitrogens with zero attached hydrogens (tertiary/aromatic N) is 2. The number of ether oxygens (including phenoxy) is 3. The maximum absolute atomic E-state index is 13.3. The van der Waals surface area contributed by atoms with Crippen molar-refractivity contribution >= 4 is 53.9 Å². The molecule has 0 unspecified atom stereocenters. The molecule has 1 heterocycles. The number of hydrogen-bond acceptors (Lipinski definition) is 6. The Morgan fingerprint density at radius 1 is 1.03 bits per heavy atom. The predicted octanol–water partition coefficient (Wildman–Crippen LogP) is 4.92. The number of benzene rings is 2. The van der Waals surface area contributed by atoms with Crippen LogP contribution in [0.5, 0.6) is 0 Å². The lowest BCUT2D eigenvalue weighted by atomic mass is 10.0. The van der Waals surface area contributed by atoms with E-state index < -0.39 is 0 Å². The van der Waals surface area contributed by atoms with Crippen LogP contribution >= 0.6 is 48.0 Å². The summed E-state index contributed by atoms with van der Waals surface area (Å²) in [5.41, 5.74) is 1.98. The number of carbonyl (C=O) groups is 1. The number of rotatable bonds is 16. The standard InChI is InChI=1S/C28H39Cl2N3O4.2ClH/c1-32(28(34)19-22-8-9-25(29)26(30)18-22)27(23-6-4-3-5-7-23)21-33-12-10-24(20-33)31-11-13-36-16-17-37-15-14-35-2;;/h3-9,18,24,27,31H,10-17,19-21H2,1-2H3;2*1H/t24-,27+;;/m0../s1. The first kappa shape index (κ1) is 35.9. The summed E-state index contributed by atoms with van der Waals surface area (Å²) < 4.78 is 16.0. The Balaban J connectivity index is 0.00000380. The van der Waals surface area contributed by atoms with Crippen LogP contribution in [0.25, 0.3) is 0 Å².